The number of fused-ring (bicyclic) bond motifs is 1. The number of aryl methyl sites for hydroxylation is 2. The molecule has 2 aromatic carbocycles. The van der Waals surface area contributed by atoms with Gasteiger partial charge in [0.05, 0.1) is 12.0 Å². The highest BCUT2D eigenvalue weighted by atomic mass is 32.2. The summed E-state index contributed by atoms with van der Waals surface area (Å²) in [7, 11) is -3.99. The van der Waals surface area contributed by atoms with Gasteiger partial charge in [0.1, 0.15) is 11.5 Å². The van der Waals surface area contributed by atoms with Crippen molar-refractivity contribution in [3.05, 3.63) is 82.5 Å². The van der Waals surface area contributed by atoms with Gasteiger partial charge in [0.2, 0.25) is 15.9 Å². The molecule has 3 aromatic rings. The standard InChI is InChI=1S/C28H30FN3O4S/c1-19-27(26(36-31-19)16-15-21-9-3-5-13-24(21)29)37(34,35)32-17-7-11-22(18-32)28(33)30-25-14-6-10-20-8-2-4-12-23(20)25/h2-5,8-9,12-13,15-16,22,25H,6-7,10-11,14,17-18H2,1H3,(H,30,33)/b16-15+/t22-,25+/m1/s1. The topological polar surface area (TPSA) is 92.5 Å². The number of hydrogen-bond acceptors (Lipinski definition) is 5. The maximum absolute atomic E-state index is 14.0. The smallest absolute Gasteiger partial charge is 0.248 e. The molecule has 9 heteroatoms. The van der Waals surface area contributed by atoms with Crippen molar-refractivity contribution in [2.75, 3.05) is 13.1 Å². The van der Waals surface area contributed by atoms with E-state index >= 15 is 0 Å². The van der Waals surface area contributed by atoms with Gasteiger partial charge in [-0.15, -0.1) is 0 Å². The average molecular weight is 524 g/mol. The van der Waals surface area contributed by atoms with Gasteiger partial charge in [-0.1, -0.05) is 47.6 Å². The zero-order valence-corrected chi connectivity index (χ0v) is 21.5. The fourth-order valence-corrected chi connectivity index (χ4v) is 7.05. The number of piperidine rings is 1. The Labute approximate surface area is 216 Å². The third kappa shape index (κ3) is 5.24. The zero-order valence-electron chi connectivity index (χ0n) is 20.7. The molecule has 0 unspecified atom stereocenters. The number of rotatable bonds is 6. The van der Waals surface area contributed by atoms with Gasteiger partial charge in [0, 0.05) is 18.7 Å². The predicted octanol–water partition coefficient (Wildman–Crippen LogP) is 4.89. The number of benzene rings is 2. The van der Waals surface area contributed by atoms with Crippen molar-refractivity contribution in [2.45, 2.75) is 50.0 Å². The van der Waals surface area contributed by atoms with Crippen LogP contribution in [-0.2, 0) is 21.2 Å². The fourth-order valence-electron chi connectivity index (χ4n) is 5.27. The Morgan fingerprint density at radius 1 is 1.11 bits per heavy atom. The number of carbonyl (C=O) groups excluding carboxylic acids is 1. The van der Waals surface area contributed by atoms with E-state index in [-0.39, 0.29) is 34.8 Å². The molecule has 0 saturated carbocycles. The van der Waals surface area contributed by atoms with Crippen molar-refractivity contribution in [2.24, 2.45) is 5.92 Å². The molecule has 2 atom stereocenters. The van der Waals surface area contributed by atoms with Crippen molar-refractivity contribution in [3.63, 3.8) is 0 Å². The van der Waals surface area contributed by atoms with Crippen LogP contribution in [0.15, 0.2) is 57.9 Å². The Morgan fingerprint density at radius 2 is 1.89 bits per heavy atom. The average Bonchev–Trinajstić information content (AvgIpc) is 3.29. The quantitative estimate of drug-likeness (QED) is 0.497. The van der Waals surface area contributed by atoms with Gasteiger partial charge in [0.15, 0.2) is 10.7 Å². The summed E-state index contributed by atoms with van der Waals surface area (Å²) in [5.74, 6) is -0.963. The normalized spacial score (nSPS) is 20.6. The van der Waals surface area contributed by atoms with Crippen LogP contribution in [0.5, 0.6) is 0 Å². The van der Waals surface area contributed by atoms with E-state index in [4.69, 9.17) is 4.52 Å². The van der Waals surface area contributed by atoms with Crippen LogP contribution in [0, 0.1) is 18.7 Å². The highest BCUT2D eigenvalue weighted by Gasteiger charge is 2.37. The molecule has 1 fully saturated rings. The molecule has 0 bridgehead atoms. The van der Waals surface area contributed by atoms with Gasteiger partial charge in [-0.2, -0.15) is 4.31 Å². The van der Waals surface area contributed by atoms with Gasteiger partial charge in [0.25, 0.3) is 0 Å². The number of amides is 1. The molecule has 5 rings (SSSR count). The van der Waals surface area contributed by atoms with E-state index in [0.717, 1.165) is 24.8 Å². The highest BCUT2D eigenvalue weighted by molar-refractivity contribution is 7.89. The lowest BCUT2D eigenvalue weighted by atomic mass is 9.87. The molecule has 1 aliphatic heterocycles. The van der Waals surface area contributed by atoms with Crippen LogP contribution >= 0.6 is 0 Å². The van der Waals surface area contributed by atoms with E-state index in [1.165, 1.54) is 28.1 Å². The lowest BCUT2D eigenvalue weighted by Gasteiger charge is -2.33. The monoisotopic (exact) mass is 523 g/mol. The molecule has 194 valence electrons. The molecule has 0 radical (unpaired) electrons. The summed E-state index contributed by atoms with van der Waals surface area (Å²) in [4.78, 5) is 13.2. The summed E-state index contributed by atoms with van der Waals surface area (Å²) >= 11 is 0. The number of sulfonamides is 1. The first-order chi connectivity index (χ1) is 17.8. The van der Waals surface area contributed by atoms with Crippen molar-refractivity contribution >= 4 is 28.1 Å². The molecule has 1 saturated heterocycles. The largest absolute Gasteiger partial charge is 0.355 e. The van der Waals surface area contributed by atoms with E-state index in [0.29, 0.717) is 24.9 Å². The molecule has 0 spiro atoms. The Kier molecular flexibility index (Phi) is 7.26. The Balaban J connectivity index is 1.33. The van der Waals surface area contributed by atoms with Crippen LogP contribution in [-0.4, -0.2) is 36.9 Å². The summed E-state index contributed by atoms with van der Waals surface area (Å²) in [5.41, 5.74) is 2.93. The molecular formula is C28H30FN3O4S. The summed E-state index contributed by atoms with van der Waals surface area (Å²) in [6.45, 7) is 1.95. The number of halogens is 1. The number of aromatic nitrogens is 1. The van der Waals surface area contributed by atoms with Gasteiger partial charge in [-0.25, -0.2) is 12.8 Å². The second-order valence-electron chi connectivity index (χ2n) is 9.67. The third-order valence-electron chi connectivity index (χ3n) is 7.19. The molecule has 1 amide bonds. The molecule has 1 aromatic heterocycles. The van der Waals surface area contributed by atoms with Crippen LogP contribution in [0.25, 0.3) is 12.2 Å². The van der Waals surface area contributed by atoms with Gasteiger partial charge >= 0.3 is 0 Å². The van der Waals surface area contributed by atoms with Gasteiger partial charge in [-0.05, 0) is 68.4 Å². The minimum Gasteiger partial charge on any atom is -0.355 e. The second-order valence-corrected chi connectivity index (χ2v) is 11.5. The van der Waals surface area contributed by atoms with E-state index in [1.54, 1.807) is 25.1 Å². The van der Waals surface area contributed by atoms with Crippen LogP contribution in [0.3, 0.4) is 0 Å². The van der Waals surface area contributed by atoms with Gasteiger partial charge in [-0.3, -0.25) is 4.79 Å². The number of nitrogens with one attached hydrogen (secondary N) is 1. The van der Waals surface area contributed by atoms with Gasteiger partial charge < -0.3 is 9.84 Å². The maximum Gasteiger partial charge on any atom is 0.248 e. The van der Waals surface area contributed by atoms with Crippen molar-refractivity contribution in [1.29, 1.82) is 0 Å². The van der Waals surface area contributed by atoms with Crippen molar-refractivity contribution in [3.8, 4) is 0 Å². The van der Waals surface area contributed by atoms with Crippen LogP contribution < -0.4 is 5.32 Å². The number of hydrogen-bond donors (Lipinski definition) is 1. The predicted molar refractivity (Wildman–Crippen MR) is 138 cm³/mol. The summed E-state index contributed by atoms with van der Waals surface area (Å²) in [5, 5.41) is 7.04. The summed E-state index contributed by atoms with van der Waals surface area (Å²) in [6, 6.07) is 14.3. The SMILES string of the molecule is Cc1noc(/C=C/c2ccccc2F)c1S(=O)(=O)N1CCC[C@@H](C(=O)N[C@H]2CCCc3ccccc32)C1. The first-order valence-corrected chi connectivity index (χ1v) is 14.1. The summed E-state index contributed by atoms with van der Waals surface area (Å²) < 4.78 is 48.0. The lowest BCUT2D eigenvalue weighted by molar-refractivity contribution is -0.127. The Hall–Kier alpha value is -3.30. The molecule has 37 heavy (non-hydrogen) atoms. The van der Waals surface area contributed by atoms with Crippen molar-refractivity contribution in [1.82, 2.24) is 14.8 Å². The highest BCUT2D eigenvalue weighted by Crippen LogP contribution is 2.32. The summed E-state index contributed by atoms with van der Waals surface area (Å²) in [6.07, 6.45) is 6.95. The minimum absolute atomic E-state index is 0.0335. The Bertz CT molecular complexity index is 1430. The van der Waals surface area contributed by atoms with Crippen LogP contribution in [0.1, 0.15) is 59.9 Å². The zero-order chi connectivity index (χ0) is 26.0. The fraction of sp³-hybridized carbons (Fsp3) is 0.357. The third-order valence-corrected chi connectivity index (χ3v) is 9.22. The first kappa shape index (κ1) is 25.4. The minimum atomic E-state index is -3.99. The lowest BCUT2D eigenvalue weighted by Crippen LogP contribution is -2.46. The van der Waals surface area contributed by atoms with Crippen molar-refractivity contribution < 1.29 is 22.1 Å². The molecule has 7 nitrogen and oxygen atoms in total. The second kappa shape index (κ2) is 10.6. The number of carbonyl (C=O) groups is 1. The molecule has 2 aliphatic rings. The van der Waals surface area contributed by atoms with E-state index in [1.807, 2.05) is 12.1 Å². The van der Waals surface area contributed by atoms with E-state index < -0.39 is 21.8 Å². The first-order valence-electron chi connectivity index (χ1n) is 12.6. The molecule has 1 N–H and O–H groups in total. The molecule has 2 heterocycles. The number of nitrogens with zero attached hydrogens (tertiary/aromatic N) is 2. The molecule has 1 aliphatic carbocycles. The molecular weight excluding hydrogens is 493 g/mol. The van der Waals surface area contributed by atoms with E-state index in [9.17, 15) is 17.6 Å². The van der Waals surface area contributed by atoms with Crippen LogP contribution in [0.4, 0.5) is 4.39 Å². The maximum atomic E-state index is 14.0. The Morgan fingerprint density at radius 3 is 2.73 bits per heavy atom. The van der Waals surface area contributed by atoms with Crippen LogP contribution in [0.2, 0.25) is 0 Å². The van der Waals surface area contributed by atoms with E-state index in [2.05, 4.69) is 22.6 Å².